The lowest BCUT2D eigenvalue weighted by molar-refractivity contribution is 1.28. The lowest BCUT2D eigenvalue weighted by Crippen LogP contribution is -2.09. The fraction of sp³-hybridized carbons (Fsp3) is 0.0417. The minimum Gasteiger partial charge on any atom is -0.311 e. The van der Waals surface area contributed by atoms with Crippen LogP contribution in [0.5, 0.6) is 0 Å². The number of rotatable bonds is 10. The molecule has 0 radical (unpaired) electrons. The molecule has 0 aliphatic rings. The predicted octanol–water partition coefficient (Wildman–Crippen LogP) is 14.0. The minimum atomic E-state index is 1.13. The molecule has 0 bridgehead atoms. The molecule has 0 fully saturated rings. The molecule has 0 saturated heterocycles. The zero-order valence-corrected chi connectivity index (χ0v) is 28.7. The highest BCUT2D eigenvalue weighted by Crippen LogP contribution is 2.35. The van der Waals surface area contributed by atoms with Crippen molar-refractivity contribution in [3.8, 4) is 0 Å². The van der Waals surface area contributed by atoms with Crippen molar-refractivity contribution in [3.05, 3.63) is 216 Å². The van der Waals surface area contributed by atoms with Gasteiger partial charge in [-0.05, 0) is 95.1 Å². The van der Waals surface area contributed by atoms with Crippen LogP contribution >= 0.6 is 0 Å². The van der Waals surface area contributed by atoms with Crippen LogP contribution < -0.4 is 9.80 Å². The Morgan fingerprint density at radius 2 is 0.420 bits per heavy atom. The number of anilines is 6. The maximum atomic E-state index is 2.28. The van der Waals surface area contributed by atoms with E-state index in [0.29, 0.717) is 0 Å². The molecule has 0 saturated carbocycles. The van der Waals surface area contributed by atoms with Gasteiger partial charge in [-0.1, -0.05) is 159 Å². The number of hydrogen-bond acceptors (Lipinski definition) is 2. The van der Waals surface area contributed by atoms with Crippen molar-refractivity contribution in [3.63, 3.8) is 0 Å². The smallest absolute Gasteiger partial charge is 0.0462 e. The molecule has 2 heteroatoms. The van der Waals surface area contributed by atoms with Gasteiger partial charge in [0.05, 0.1) is 0 Å². The van der Waals surface area contributed by atoms with Crippen molar-refractivity contribution in [2.24, 2.45) is 0 Å². The van der Waals surface area contributed by atoms with Crippen LogP contribution in [0.25, 0.3) is 24.3 Å². The Morgan fingerprint density at radius 3 is 0.640 bits per heavy atom. The van der Waals surface area contributed by atoms with Crippen LogP contribution in [0.1, 0.15) is 36.1 Å². The van der Waals surface area contributed by atoms with E-state index < -0.39 is 0 Å². The van der Waals surface area contributed by atoms with E-state index in [9.17, 15) is 0 Å². The third-order valence-corrected chi connectivity index (χ3v) is 8.23. The fourth-order valence-electron chi connectivity index (χ4n) is 5.77. The first-order chi connectivity index (χ1) is 24.8. The third kappa shape index (κ3) is 8.55. The molecular formula is C48H42N2. The number of nitrogens with zero attached hydrogens (tertiary/aromatic N) is 2. The predicted molar refractivity (Wildman–Crippen MR) is 218 cm³/mol. The van der Waals surface area contributed by atoms with Crippen molar-refractivity contribution in [2.75, 3.05) is 9.80 Å². The highest BCUT2D eigenvalue weighted by Gasteiger charge is 2.12. The van der Waals surface area contributed by atoms with E-state index >= 15 is 0 Å². The largest absolute Gasteiger partial charge is 0.311 e. The van der Waals surface area contributed by atoms with Gasteiger partial charge < -0.3 is 9.80 Å². The molecule has 50 heavy (non-hydrogen) atoms. The molecule has 7 rings (SSSR count). The van der Waals surface area contributed by atoms with Gasteiger partial charge in [0, 0.05) is 34.1 Å². The molecular weight excluding hydrogens is 605 g/mol. The summed E-state index contributed by atoms with van der Waals surface area (Å²) in [6.07, 6.45) is 8.66. The summed E-state index contributed by atoms with van der Waals surface area (Å²) in [6.45, 7) is 4.00. The van der Waals surface area contributed by atoms with E-state index in [4.69, 9.17) is 0 Å². The summed E-state index contributed by atoms with van der Waals surface area (Å²) in [5, 5.41) is 0. The van der Waals surface area contributed by atoms with Crippen molar-refractivity contribution in [1.82, 2.24) is 0 Å². The van der Waals surface area contributed by atoms with Crippen LogP contribution in [0.4, 0.5) is 34.1 Å². The lowest BCUT2D eigenvalue weighted by Gasteiger charge is -2.25. The van der Waals surface area contributed by atoms with Crippen LogP contribution in [0.3, 0.4) is 0 Å². The minimum absolute atomic E-state index is 1.13. The topological polar surface area (TPSA) is 6.48 Å². The van der Waals surface area contributed by atoms with Crippen LogP contribution in [0.15, 0.2) is 194 Å². The maximum absolute atomic E-state index is 2.28. The van der Waals surface area contributed by atoms with Gasteiger partial charge in [-0.3, -0.25) is 0 Å². The number of hydrogen-bond donors (Lipinski definition) is 0. The highest BCUT2D eigenvalue weighted by molar-refractivity contribution is 5.80. The molecule has 0 aromatic heterocycles. The summed E-state index contributed by atoms with van der Waals surface area (Å²) in [6, 6.07) is 68.0. The average molecular weight is 647 g/mol. The molecule has 244 valence electrons. The van der Waals surface area contributed by atoms with Gasteiger partial charge in [0.2, 0.25) is 0 Å². The third-order valence-electron chi connectivity index (χ3n) is 8.23. The van der Waals surface area contributed by atoms with Gasteiger partial charge in [-0.15, -0.1) is 0 Å². The van der Waals surface area contributed by atoms with E-state index in [1.807, 2.05) is 13.8 Å². The Balaban J connectivity index is 0.00000212. The summed E-state index contributed by atoms with van der Waals surface area (Å²) < 4.78 is 0. The standard InChI is InChI=1S/C46H36N2.C2H6/c1-5-13-41(14-6-1)47(42-15-7-2-8-16-42)45-33-29-39(30-34-45)27-25-37-21-23-38(24-22-37)26-28-40-31-35-46(36-32-40)48(43-17-9-3-10-18-43)44-19-11-4-12-20-44;1-2/h1-36H;1-2H3/b27-25+,28-26+;. The van der Waals surface area contributed by atoms with Crippen LogP contribution in [-0.4, -0.2) is 0 Å². The molecule has 0 heterocycles. The lowest BCUT2D eigenvalue weighted by atomic mass is 10.1. The second-order valence-electron chi connectivity index (χ2n) is 11.5. The molecule has 0 aliphatic heterocycles. The maximum Gasteiger partial charge on any atom is 0.0462 e. The van der Waals surface area contributed by atoms with Gasteiger partial charge in [-0.2, -0.15) is 0 Å². The first kappa shape index (κ1) is 33.5. The Labute approximate surface area is 297 Å². The van der Waals surface area contributed by atoms with Gasteiger partial charge in [-0.25, -0.2) is 0 Å². The summed E-state index contributed by atoms with van der Waals surface area (Å²) in [5.41, 5.74) is 11.4. The molecule has 2 nitrogen and oxygen atoms in total. The molecule has 0 aliphatic carbocycles. The van der Waals surface area contributed by atoms with Gasteiger partial charge in [0.25, 0.3) is 0 Å². The molecule has 0 amide bonds. The summed E-state index contributed by atoms with van der Waals surface area (Å²) in [7, 11) is 0. The van der Waals surface area contributed by atoms with Crippen LogP contribution in [0, 0.1) is 0 Å². The van der Waals surface area contributed by atoms with E-state index in [0.717, 1.165) is 56.4 Å². The normalized spacial score (nSPS) is 10.8. The number of para-hydroxylation sites is 4. The highest BCUT2D eigenvalue weighted by atomic mass is 15.1. The van der Waals surface area contributed by atoms with Crippen molar-refractivity contribution in [2.45, 2.75) is 13.8 Å². The van der Waals surface area contributed by atoms with Crippen molar-refractivity contribution < 1.29 is 0 Å². The summed E-state index contributed by atoms with van der Waals surface area (Å²) >= 11 is 0. The first-order valence-corrected chi connectivity index (χ1v) is 17.3. The Hall–Kier alpha value is -6.38. The Morgan fingerprint density at radius 1 is 0.240 bits per heavy atom. The van der Waals surface area contributed by atoms with Gasteiger partial charge in [0.1, 0.15) is 0 Å². The average Bonchev–Trinajstić information content (AvgIpc) is 3.20. The zero-order chi connectivity index (χ0) is 34.4. The Bertz CT molecular complexity index is 1830. The van der Waals surface area contributed by atoms with Crippen molar-refractivity contribution in [1.29, 1.82) is 0 Å². The number of benzene rings is 7. The second kappa shape index (κ2) is 17.1. The van der Waals surface area contributed by atoms with E-state index in [1.165, 1.54) is 0 Å². The van der Waals surface area contributed by atoms with E-state index in [-0.39, 0.29) is 0 Å². The molecule has 7 aromatic carbocycles. The Kier molecular flexibility index (Phi) is 11.5. The summed E-state index contributed by atoms with van der Waals surface area (Å²) in [5.74, 6) is 0. The SMILES string of the molecule is C(=C\c1ccc(N(c2ccccc2)c2ccccc2)cc1)/c1ccc(/C=C/c2ccc(N(c3ccccc3)c3ccccc3)cc2)cc1.CC. The zero-order valence-electron chi connectivity index (χ0n) is 28.7. The van der Waals surface area contributed by atoms with Gasteiger partial charge in [0.15, 0.2) is 0 Å². The van der Waals surface area contributed by atoms with E-state index in [1.54, 1.807) is 0 Å². The molecule has 0 spiro atoms. The van der Waals surface area contributed by atoms with E-state index in [2.05, 4.69) is 228 Å². The summed E-state index contributed by atoms with van der Waals surface area (Å²) in [4.78, 5) is 4.55. The monoisotopic (exact) mass is 646 g/mol. The van der Waals surface area contributed by atoms with Gasteiger partial charge >= 0.3 is 0 Å². The fourth-order valence-corrected chi connectivity index (χ4v) is 5.77. The van der Waals surface area contributed by atoms with Crippen LogP contribution in [-0.2, 0) is 0 Å². The first-order valence-electron chi connectivity index (χ1n) is 17.3. The second-order valence-corrected chi connectivity index (χ2v) is 11.5. The van der Waals surface area contributed by atoms with Crippen molar-refractivity contribution >= 4 is 58.4 Å². The molecule has 0 unspecified atom stereocenters. The molecule has 7 aromatic rings. The molecule has 0 atom stereocenters. The molecule has 0 N–H and O–H groups in total. The quantitative estimate of drug-likeness (QED) is 0.136. The van der Waals surface area contributed by atoms with Crippen LogP contribution in [0.2, 0.25) is 0 Å².